The lowest BCUT2D eigenvalue weighted by atomic mass is 10.0. The van der Waals surface area contributed by atoms with Gasteiger partial charge in [0.15, 0.2) is 5.65 Å². The molecule has 2 aromatic carbocycles. The van der Waals surface area contributed by atoms with Gasteiger partial charge in [0.1, 0.15) is 12.1 Å². The minimum atomic E-state index is 0.393. The lowest BCUT2D eigenvalue weighted by Gasteiger charge is -2.32. The number of nitrogens with one attached hydrogen (secondary N) is 1. The molecule has 7 heteroatoms. The molecular weight excluding hydrogens is 396 g/mol. The average Bonchev–Trinajstić information content (AvgIpc) is 3.23. The molecule has 0 atom stereocenters. The molecular formula is C23H23ClN6. The molecule has 1 aliphatic heterocycles. The molecule has 2 aromatic heterocycles. The van der Waals surface area contributed by atoms with Gasteiger partial charge in [0.2, 0.25) is 0 Å². The van der Waals surface area contributed by atoms with Gasteiger partial charge in [0.05, 0.1) is 17.3 Å². The standard InChI is InChI=1S/C23H23ClN6/c24-18-8-6-17(7-9-18)15-29-12-10-19(11-13-29)28-22-21-14-27-30(23(21)26-16-25-22)20-4-2-1-3-5-20/h1-9,14,16,19H,10-13,15H2,(H,25,26,28). The second-order valence-corrected chi connectivity index (χ2v) is 8.11. The quantitative estimate of drug-likeness (QED) is 0.515. The molecule has 3 heterocycles. The van der Waals surface area contributed by atoms with Crippen molar-refractivity contribution in [2.24, 2.45) is 0 Å². The highest BCUT2D eigenvalue weighted by molar-refractivity contribution is 6.30. The maximum Gasteiger partial charge on any atom is 0.168 e. The second kappa shape index (κ2) is 8.42. The van der Waals surface area contributed by atoms with Gasteiger partial charge in [0.25, 0.3) is 0 Å². The molecule has 0 aliphatic carbocycles. The number of hydrogen-bond donors (Lipinski definition) is 1. The minimum Gasteiger partial charge on any atom is -0.367 e. The minimum absolute atomic E-state index is 0.393. The van der Waals surface area contributed by atoms with Gasteiger partial charge in [0, 0.05) is 30.7 Å². The molecule has 0 unspecified atom stereocenters. The van der Waals surface area contributed by atoms with Crippen molar-refractivity contribution in [3.05, 3.63) is 77.7 Å². The average molecular weight is 419 g/mol. The monoisotopic (exact) mass is 418 g/mol. The van der Waals surface area contributed by atoms with Crippen molar-refractivity contribution < 1.29 is 0 Å². The molecule has 0 saturated carbocycles. The fraction of sp³-hybridized carbons (Fsp3) is 0.261. The summed E-state index contributed by atoms with van der Waals surface area (Å²) < 4.78 is 1.86. The van der Waals surface area contributed by atoms with E-state index < -0.39 is 0 Å². The summed E-state index contributed by atoms with van der Waals surface area (Å²) in [6, 6.07) is 18.6. The van der Waals surface area contributed by atoms with Crippen LogP contribution in [0.2, 0.25) is 5.02 Å². The lowest BCUT2D eigenvalue weighted by molar-refractivity contribution is 0.211. The summed E-state index contributed by atoms with van der Waals surface area (Å²) in [7, 11) is 0. The Labute approximate surface area is 180 Å². The molecule has 0 amide bonds. The van der Waals surface area contributed by atoms with E-state index in [4.69, 9.17) is 11.6 Å². The predicted molar refractivity (Wildman–Crippen MR) is 120 cm³/mol. The Morgan fingerprint density at radius 1 is 0.967 bits per heavy atom. The summed E-state index contributed by atoms with van der Waals surface area (Å²) in [4.78, 5) is 11.5. The van der Waals surface area contributed by atoms with Crippen LogP contribution in [-0.4, -0.2) is 43.8 Å². The predicted octanol–water partition coefficient (Wildman–Crippen LogP) is 4.55. The number of benzene rings is 2. The third-order valence-corrected chi connectivity index (χ3v) is 5.87. The number of piperidine rings is 1. The summed E-state index contributed by atoms with van der Waals surface area (Å²) in [5.41, 5.74) is 3.11. The first-order valence-electron chi connectivity index (χ1n) is 10.2. The summed E-state index contributed by atoms with van der Waals surface area (Å²) in [5.74, 6) is 0.860. The van der Waals surface area contributed by atoms with Gasteiger partial charge in [-0.3, -0.25) is 4.90 Å². The molecule has 4 aromatic rings. The van der Waals surface area contributed by atoms with Gasteiger partial charge in [-0.1, -0.05) is 41.9 Å². The van der Waals surface area contributed by atoms with Gasteiger partial charge in [-0.2, -0.15) is 5.10 Å². The summed E-state index contributed by atoms with van der Waals surface area (Å²) >= 11 is 5.99. The van der Waals surface area contributed by atoms with Crippen LogP contribution in [0.3, 0.4) is 0 Å². The first-order chi connectivity index (χ1) is 14.8. The molecule has 1 aliphatic rings. The Morgan fingerprint density at radius 3 is 2.50 bits per heavy atom. The number of aromatic nitrogens is 4. The fourth-order valence-electron chi connectivity index (χ4n) is 3.99. The Bertz CT molecular complexity index is 1120. The van der Waals surface area contributed by atoms with Crippen LogP contribution in [0.15, 0.2) is 67.1 Å². The first-order valence-corrected chi connectivity index (χ1v) is 10.6. The maximum absolute atomic E-state index is 5.99. The van der Waals surface area contributed by atoms with E-state index in [1.165, 1.54) is 5.56 Å². The van der Waals surface area contributed by atoms with Crippen molar-refractivity contribution in [2.75, 3.05) is 18.4 Å². The van der Waals surface area contributed by atoms with E-state index in [0.717, 1.165) is 60.0 Å². The third-order valence-electron chi connectivity index (χ3n) is 5.61. The zero-order valence-electron chi connectivity index (χ0n) is 16.6. The number of hydrogen-bond acceptors (Lipinski definition) is 5. The number of halogens is 1. The zero-order chi connectivity index (χ0) is 20.3. The van der Waals surface area contributed by atoms with Crippen molar-refractivity contribution in [3.8, 4) is 5.69 Å². The number of nitrogens with zero attached hydrogens (tertiary/aromatic N) is 5. The molecule has 0 spiro atoms. The van der Waals surface area contributed by atoms with Gasteiger partial charge in [-0.05, 0) is 42.7 Å². The molecule has 5 rings (SSSR count). The number of rotatable bonds is 5. The number of fused-ring (bicyclic) bond motifs is 1. The van der Waals surface area contributed by atoms with Crippen LogP contribution in [-0.2, 0) is 6.54 Å². The van der Waals surface area contributed by atoms with Gasteiger partial charge < -0.3 is 5.32 Å². The topological polar surface area (TPSA) is 58.9 Å². The Hall–Kier alpha value is -2.96. The van der Waals surface area contributed by atoms with Crippen molar-refractivity contribution in [1.82, 2.24) is 24.6 Å². The lowest BCUT2D eigenvalue weighted by Crippen LogP contribution is -2.38. The highest BCUT2D eigenvalue weighted by Crippen LogP contribution is 2.24. The van der Waals surface area contributed by atoms with E-state index in [1.807, 2.05) is 53.3 Å². The zero-order valence-corrected chi connectivity index (χ0v) is 17.3. The van der Waals surface area contributed by atoms with Crippen molar-refractivity contribution >= 4 is 28.5 Å². The molecule has 0 radical (unpaired) electrons. The van der Waals surface area contributed by atoms with E-state index in [-0.39, 0.29) is 0 Å². The van der Waals surface area contributed by atoms with Crippen molar-refractivity contribution in [3.63, 3.8) is 0 Å². The van der Waals surface area contributed by atoms with Crippen LogP contribution in [0.5, 0.6) is 0 Å². The van der Waals surface area contributed by atoms with E-state index in [9.17, 15) is 0 Å². The first kappa shape index (κ1) is 19.0. The molecule has 6 nitrogen and oxygen atoms in total. The third kappa shape index (κ3) is 4.01. The van der Waals surface area contributed by atoms with E-state index in [1.54, 1.807) is 6.33 Å². The van der Waals surface area contributed by atoms with Crippen LogP contribution < -0.4 is 5.32 Å². The molecule has 152 valence electrons. The van der Waals surface area contributed by atoms with Crippen LogP contribution in [0.25, 0.3) is 16.7 Å². The summed E-state index contributed by atoms with van der Waals surface area (Å²) in [6.07, 6.45) is 5.61. The van der Waals surface area contributed by atoms with Crippen LogP contribution in [0.1, 0.15) is 18.4 Å². The highest BCUT2D eigenvalue weighted by atomic mass is 35.5. The van der Waals surface area contributed by atoms with E-state index >= 15 is 0 Å². The van der Waals surface area contributed by atoms with Crippen LogP contribution >= 0.6 is 11.6 Å². The maximum atomic E-state index is 5.99. The Morgan fingerprint density at radius 2 is 1.73 bits per heavy atom. The molecule has 30 heavy (non-hydrogen) atoms. The van der Waals surface area contributed by atoms with E-state index in [0.29, 0.717) is 6.04 Å². The van der Waals surface area contributed by atoms with Gasteiger partial charge in [-0.15, -0.1) is 0 Å². The largest absolute Gasteiger partial charge is 0.367 e. The van der Waals surface area contributed by atoms with Crippen LogP contribution in [0, 0.1) is 0 Å². The van der Waals surface area contributed by atoms with E-state index in [2.05, 4.69) is 37.4 Å². The SMILES string of the molecule is Clc1ccc(CN2CCC(Nc3ncnc4c3cnn4-c3ccccc3)CC2)cc1. The number of likely N-dealkylation sites (tertiary alicyclic amines) is 1. The molecule has 1 N–H and O–H groups in total. The van der Waals surface area contributed by atoms with Crippen molar-refractivity contribution in [1.29, 1.82) is 0 Å². The smallest absolute Gasteiger partial charge is 0.168 e. The normalized spacial score (nSPS) is 15.5. The Balaban J connectivity index is 1.26. The molecule has 1 fully saturated rings. The summed E-state index contributed by atoms with van der Waals surface area (Å²) in [5, 5.41) is 9.91. The number of anilines is 1. The summed E-state index contributed by atoms with van der Waals surface area (Å²) in [6.45, 7) is 3.07. The molecule has 1 saturated heterocycles. The van der Waals surface area contributed by atoms with Gasteiger partial charge in [-0.25, -0.2) is 14.6 Å². The fourth-order valence-corrected chi connectivity index (χ4v) is 4.12. The van der Waals surface area contributed by atoms with Crippen LogP contribution in [0.4, 0.5) is 5.82 Å². The number of para-hydroxylation sites is 1. The Kier molecular flexibility index (Phi) is 5.34. The van der Waals surface area contributed by atoms with Crippen molar-refractivity contribution in [2.45, 2.75) is 25.4 Å². The molecule has 0 bridgehead atoms. The van der Waals surface area contributed by atoms with Gasteiger partial charge >= 0.3 is 0 Å². The highest BCUT2D eigenvalue weighted by Gasteiger charge is 2.21. The second-order valence-electron chi connectivity index (χ2n) is 7.67.